The van der Waals surface area contributed by atoms with Gasteiger partial charge in [-0.05, 0) is 51.8 Å². The zero-order valence-electron chi connectivity index (χ0n) is 13.0. The van der Waals surface area contributed by atoms with Gasteiger partial charge in [0.25, 0.3) is 0 Å². The Kier molecular flexibility index (Phi) is 4.84. The molecule has 0 saturated heterocycles. The van der Waals surface area contributed by atoms with E-state index in [1.165, 1.54) is 11.3 Å². The zero-order chi connectivity index (χ0) is 17.1. The van der Waals surface area contributed by atoms with Gasteiger partial charge in [-0.1, -0.05) is 12.1 Å². The highest BCUT2D eigenvalue weighted by Gasteiger charge is 2.12. The molecule has 0 spiro atoms. The van der Waals surface area contributed by atoms with Gasteiger partial charge in [-0.2, -0.15) is 5.26 Å². The summed E-state index contributed by atoms with van der Waals surface area (Å²) in [7, 11) is 3.16. The Morgan fingerprint density at radius 1 is 1.25 bits per heavy atom. The fourth-order valence-electron chi connectivity index (χ4n) is 2.32. The number of hydrogen-bond donors (Lipinski definition) is 0. The molecule has 0 fully saturated rings. The van der Waals surface area contributed by atoms with Crippen LogP contribution in [0.4, 0.5) is 0 Å². The first kappa shape index (κ1) is 16.5. The first-order valence-electron chi connectivity index (χ1n) is 7.05. The molecule has 6 heteroatoms. The molecule has 0 bridgehead atoms. The van der Waals surface area contributed by atoms with Gasteiger partial charge in [0, 0.05) is 0 Å². The summed E-state index contributed by atoms with van der Waals surface area (Å²) < 4.78 is 12.5. The van der Waals surface area contributed by atoms with E-state index in [9.17, 15) is 5.26 Å². The average Bonchev–Trinajstić information content (AvgIpc) is 3.02. The third-order valence-corrected chi connectivity index (χ3v) is 5.07. The van der Waals surface area contributed by atoms with Crippen LogP contribution in [0.3, 0.4) is 0 Å². The van der Waals surface area contributed by atoms with Crippen LogP contribution in [0.25, 0.3) is 21.9 Å². The maximum Gasteiger partial charge on any atom is 0.174 e. The van der Waals surface area contributed by atoms with E-state index in [4.69, 9.17) is 9.47 Å². The van der Waals surface area contributed by atoms with Crippen molar-refractivity contribution in [1.82, 2.24) is 4.98 Å². The molecule has 0 unspecified atom stereocenters. The molecule has 0 aliphatic rings. The Hall–Kier alpha value is -2.36. The van der Waals surface area contributed by atoms with Crippen LogP contribution in [0.1, 0.15) is 10.6 Å². The Morgan fingerprint density at radius 3 is 2.71 bits per heavy atom. The first-order chi connectivity index (χ1) is 11.7. The third kappa shape index (κ3) is 3.14. The van der Waals surface area contributed by atoms with E-state index in [0.29, 0.717) is 22.1 Å². The number of benzene rings is 2. The van der Waals surface area contributed by atoms with Crippen molar-refractivity contribution in [1.29, 1.82) is 5.26 Å². The normalized spacial score (nSPS) is 11.3. The van der Waals surface area contributed by atoms with Gasteiger partial charge >= 0.3 is 0 Å². The molecule has 120 valence electrons. The van der Waals surface area contributed by atoms with E-state index < -0.39 is 0 Å². The molecule has 0 radical (unpaired) electrons. The highest BCUT2D eigenvalue weighted by Crippen LogP contribution is 2.37. The van der Waals surface area contributed by atoms with Gasteiger partial charge in [0.2, 0.25) is 0 Å². The molecule has 3 aromatic rings. The SMILES string of the molecule is COc1cc(/C=C(\C#N)c2nc3ccccc3s2)cc(Br)c1OC. The summed E-state index contributed by atoms with van der Waals surface area (Å²) in [6, 6.07) is 13.8. The predicted octanol–water partition coefficient (Wildman–Crippen LogP) is 5.14. The van der Waals surface area contributed by atoms with Crippen molar-refractivity contribution in [2.75, 3.05) is 14.2 Å². The number of halogens is 1. The average molecular weight is 401 g/mol. The number of aromatic nitrogens is 1. The number of para-hydroxylation sites is 1. The van der Waals surface area contributed by atoms with Crippen molar-refractivity contribution in [2.45, 2.75) is 0 Å². The molecule has 24 heavy (non-hydrogen) atoms. The molecule has 0 amide bonds. The van der Waals surface area contributed by atoms with Crippen molar-refractivity contribution in [2.24, 2.45) is 0 Å². The van der Waals surface area contributed by atoms with Crippen LogP contribution in [0.15, 0.2) is 40.9 Å². The summed E-state index contributed by atoms with van der Waals surface area (Å²) in [6.07, 6.45) is 1.80. The smallest absolute Gasteiger partial charge is 0.174 e. The third-order valence-electron chi connectivity index (χ3n) is 3.41. The second kappa shape index (κ2) is 7.04. The number of thiazole rings is 1. The number of fused-ring (bicyclic) bond motifs is 1. The fraction of sp³-hybridized carbons (Fsp3) is 0.111. The summed E-state index contributed by atoms with van der Waals surface area (Å²) >= 11 is 4.97. The van der Waals surface area contributed by atoms with Gasteiger partial charge in [0.05, 0.1) is 34.5 Å². The van der Waals surface area contributed by atoms with Crippen LogP contribution in [0.5, 0.6) is 11.5 Å². The van der Waals surface area contributed by atoms with Crippen LogP contribution in [0.2, 0.25) is 0 Å². The molecule has 4 nitrogen and oxygen atoms in total. The van der Waals surface area contributed by atoms with Gasteiger partial charge in [-0.15, -0.1) is 11.3 Å². The van der Waals surface area contributed by atoms with Crippen LogP contribution < -0.4 is 9.47 Å². The Bertz CT molecular complexity index is 940. The quantitative estimate of drug-likeness (QED) is 0.568. The van der Waals surface area contributed by atoms with Gasteiger partial charge in [-0.25, -0.2) is 4.98 Å². The van der Waals surface area contributed by atoms with Crippen molar-refractivity contribution < 1.29 is 9.47 Å². The molecule has 0 N–H and O–H groups in total. The molecule has 3 rings (SSSR count). The molecule has 0 atom stereocenters. The predicted molar refractivity (Wildman–Crippen MR) is 100 cm³/mol. The number of nitrogens with zero attached hydrogens (tertiary/aromatic N) is 2. The molecule has 0 aliphatic carbocycles. The van der Waals surface area contributed by atoms with Crippen LogP contribution in [-0.4, -0.2) is 19.2 Å². The first-order valence-corrected chi connectivity index (χ1v) is 8.66. The van der Waals surface area contributed by atoms with E-state index >= 15 is 0 Å². The lowest BCUT2D eigenvalue weighted by Crippen LogP contribution is -1.92. The highest BCUT2D eigenvalue weighted by molar-refractivity contribution is 9.10. The minimum absolute atomic E-state index is 0.510. The summed E-state index contributed by atoms with van der Waals surface area (Å²) in [4.78, 5) is 4.54. The van der Waals surface area contributed by atoms with Crippen molar-refractivity contribution in [3.63, 3.8) is 0 Å². The maximum atomic E-state index is 9.54. The number of methoxy groups -OCH3 is 2. The van der Waals surface area contributed by atoms with Crippen LogP contribution in [-0.2, 0) is 0 Å². The highest BCUT2D eigenvalue weighted by atomic mass is 79.9. The summed E-state index contributed by atoms with van der Waals surface area (Å²) in [5.41, 5.74) is 2.23. The fourth-order valence-corrected chi connectivity index (χ4v) is 3.87. The van der Waals surface area contributed by atoms with Crippen molar-refractivity contribution in [3.05, 3.63) is 51.4 Å². The van der Waals surface area contributed by atoms with Crippen molar-refractivity contribution in [3.8, 4) is 17.6 Å². The maximum absolute atomic E-state index is 9.54. The largest absolute Gasteiger partial charge is 0.493 e. The van der Waals surface area contributed by atoms with Gasteiger partial charge in [0.15, 0.2) is 11.5 Å². The molecule has 1 aromatic heterocycles. The molecule has 1 heterocycles. The minimum Gasteiger partial charge on any atom is -0.493 e. The summed E-state index contributed by atoms with van der Waals surface area (Å²) in [6.45, 7) is 0. The van der Waals surface area contributed by atoms with Gasteiger partial charge in [0.1, 0.15) is 11.1 Å². The number of nitriles is 1. The Labute approximate surface area is 152 Å². The lowest BCUT2D eigenvalue weighted by molar-refractivity contribution is 0.353. The van der Waals surface area contributed by atoms with E-state index in [2.05, 4.69) is 27.0 Å². The number of allylic oxidation sites excluding steroid dienone is 1. The minimum atomic E-state index is 0.510. The topological polar surface area (TPSA) is 55.1 Å². The van der Waals surface area contributed by atoms with Crippen LogP contribution >= 0.6 is 27.3 Å². The molecule has 2 aromatic carbocycles. The van der Waals surface area contributed by atoms with Gasteiger partial charge in [-0.3, -0.25) is 0 Å². The molecular formula is C18H13BrN2O2S. The summed E-state index contributed by atoms with van der Waals surface area (Å²) in [5, 5.41) is 10.2. The monoisotopic (exact) mass is 400 g/mol. The lowest BCUT2D eigenvalue weighted by Gasteiger charge is -2.10. The van der Waals surface area contributed by atoms with E-state index in [0.717, 1.165) is 20.3 Å². The molecular weight excluding hydrogens is 388 g/mol. The van der Waals surface area contributed by atoms with Gasteiger partial charge < -0.3 is 9.47 Å². The van der Waals surface area contributed by atoms with Crippen molar-refractivity contribution >= 4 is 49.1 Å². The molecule has 0 aliphatic heterocycles. The summed E-state index contributed by atoms with van der Waals surface area (Å²) in [5.74, 6) is 1.22. The second-order valence-electron chi connectivity index (χ2n) is 4.89. The van der Waals surface area contributed by atoms with E-state index in [-0.39, 0.29) is 0 Å². The lowest BCUT2D eigenvalue weighted by atomic mass is 10.1. The molecule has 0 saturated carbocycles. The number of hydrogen-bond acceptors (Lipinski definition) is 5. The van der Waals surface area contributed by atoms with E-state index in [1.807, 2.05) is 36.4 Å². The second-order valence-corrected chi connectivity index (χ2v) is 6.78. The number of rotatable bonds is 4. The van der Waals surface area contributed by atoms with E-state index in [1.54, 1.807) is 20.3 Å². The standard InChI is InChI=1S/C18H13BrN2O2S/c1-22-15-9-11(8-13(19)17(15)23-2)7-12(10-20)18-21-14-5-3-4-6-16(14)24-18/h3-9H,1-2H3/b12-7+. The Balaban J connectivity index is 2.08. The van der Waals surface area contributed by atoms with Crippen LogP contribution in [0, 0.1) is 11.3 Å². The Morgan fingerprint density at radius 2 is 2.04 bits per heavy atom. The zero-order valence-corrected chi connectivity index (χ0v) is 15.4. The number of ether oxygens (including phenoxy) is 2.